The monoisotopic (exact) mass is 229 g/mol. The van der Waals surface area contributed by atoms with Crippen molar-refractivity contribution in [3.63, 3.8) is 0 Å². The van der Waals surface area contributed by atoms with Gasteiger partial charge in [-0.1, -0.05) is 0 Å². The van der Waals surface area contributed by atoms with Crippen LogP contribution in [0.1, 0.15) is 22.0 Å². The van der Waals surface area contributed by atoms with Gasteiger partial charge in [0.05, 0.1) is 17.1 Å². The van der Waals surface area contributed by atoms with E-state index < -0.39 is 5.97 Å². The molecule has 0 fully saturated rings. The zero-order valence-electron chi connectivity index (χ0n) is 8.95. The van der Waals surface area contributed by atoms with Crippen molar-refractivity contribution in [3.05, 3.63) is 15.6 Å². The Bertz CT molecular complexity index is 335. The van der Waals surface area contributed by atoms with E-state index >= 15 is 0 Å². The van der Waals surface area contributed by atoms with Crippen molar-refractivity contribution in [2.45, 2.75) is 26.2 Å². The minimum Gasteiger partial charge on any atom is -0.481 e. The first kappa shape index (κ1) is 12.1. The standard InChI is InChI=1S/C10H15NO3S/c1-7-8(6-10(12)13)15-9(11-7)4-3-5-14-2/h3-6H2,1-2H3,(H,12,13). The molecule has 5 heteroatoms. The maximum Gasteiger partial charge on any atom is 0.308 e. The number of carboxylic acids is 1. The summed E-state index contributed by atoms with van der Waals surface area (Å²) in [6.07, 6.45) is 1.86. The topological polar surface area (TPSA) is 59.4 Å². The molecule has 0 saturated heterocycles. The molecule has 1 rings (SSSR count). The SMILES string of the molecule is COCCCc1nc(C)c(CC(=O)O)s1. The van der Waals surface area contributed by atoms with E-state index in [0.29, 0.717) is 6.61 Å². The van der Waals surface area contributed by atoms with Crippen LogP contribution >= 0.6 is 11.3 Å². The highest BCUT2D eigenvalue weighted by atomic mass is 32.1. The maximum atomic E-state index is 10.5. The number of thiazole rings is 1. The zero-order valence-corrected chi connectivity index (χ0v) is 9.76. The van der Waals surface area contributed by atoms with Gasteiger partial charge in [0.2, 0.25) is 0 Å². The lowest BCUT2D eigenvalue weighted by atomic mass is 10.3. The highest BCUT2D eigenvalue weighted by Crippen LogP contribution is 2.19. The highest BCUT2D eigenvalue weighted by molar-refractivity contribution is 7.11. The van der Waals surface area contributed by atoms with Crippen LogP contribution in [0.15, 0.2) is 0 Å². The molecule has 0 atom stereocenters. The Balaban J connectivity index is 2.56. The minimum atomic E-state index is -0.801. The summed E-state index contributed by atoms with van der Waals surface area (Å²) in [6.45, 7) is 2.57. The van der Waals surface area contributed by atoms with Crippen molar-refractivity contribution in [1.82, 2.24) is 4.98 Å². The maximum absolute atomic E-state index is 10.5. The van der Waals surface area contributed by atoms with Crippen LogP contribution in [0, 0.1) is 6.92 Å². The van der Waals surface area contributed by atoms with Gasteiger partial charge in [-0.05, 0) is 13.3 Å². The Labute approximate surface area is 92.9 Å². The molecule has 0 radical (unpaired) electrons. The summed E-state index contributed by atoms with van der Waals surface area (Å²) < 4.78 is 4.95. The first-order valence-electron chi connectivity index (χ1n) is 4.79. The molecule has 1 aromatic rings. The number of ether oxygens (including phenoxy) is 1. The molecule has 15 heavy (non-hydrogen) atoms. The van der Waals surface area contributed by atoms with E-state index in [-0.39, 0.29) is 6.42 Å². The quantitative estimate of drug-likeness (QED) is 0.754. The number of carbonyl (C=O) groups is 1. The van der Waals surface area contributed by atoms with Gasteiger partial charge in [-0.25, -0.2) is 4.98 Å². The number of aryl methyl sites for hydroxylation is 2. The van der Waals surface area contributed by atoms with E-state index in [0.717, 1.165) is 28.4 Å². The molecule has 4 nitrogen and oxygen atoms in total. The molecule has 0 unspecified atom stereocenters. The number of rotatable bonds is 6. The average Bonchev–Trinajstić information content (AvgIpc) is 2.47. The Morgan fingerprint density at radius 3 is 2.93 bits per heavy atom. The predicted octanol–water partition coefficient (Wildman–Crippen LogP) is 1.66. The Morgan fingerprint density at radius 1 is 1.60 bits per heavy atom. The number of hydrogen-bond acceptors (Lipinski definition) is 4. The van der Waals surface area contributed by atoms with E-state index in [1.54, 1.807) is 7.11 Å². The van der Waals surface area contributed by atoms with Crippen LogP contribution in [-0.2, 0) is 22.4 Å². The summed E-state index contributed by atoms with van der Waals surface area (Å²) >= 11 is 1.49. The van der Waals surface area contributed by atoms with Crippen LogP contribution in [-0.4, -0.2) is 29.8 Å². The second kappa shape index (κ2) is 5.82. The van der Waals surface area contributed by atoms with Crippen molar-refractivity contribution in [3.8, 4) is 0 Å². The fourth-order valence-corrected chi connectivity index (χ4v) is 2.37. The molecule has 1 N–H and O–H groups in total. The zero-order chi connectivity index (χ0) is 11.3. The Morgan fingerprint density at radius 2 is 2.33 bits per heavy atom. The van der Waals surface area contributed by atoms with Crippen LogP contribution < -0.4 is 0 Å². The molecule has 0 aromatic carbocycles. The summed E-state index contributed by atoms with van der Waals surface area (Å²) in [5, 5.41) is 9.67. The Hall–Kier alpha value is -0.940. The van der Waals surface area contributed by atoms with Crippen molar-refractivity contribution < 1.29 is 14.6 Å². The van der Waals surface area contributed by atoms with Gasteiger partial charge in [-0.3, -0.25) is 4.79 Å². The average molecular weight is 229 g/mol. The molecule has 0 spiro atoms. The molecule has 0 aliphatic carbocycles. The molecular weight excluding hydrogens is 214 g/mol. The fourth-order valence-electron chi connectivity index (χ4n) is 1.26. The Kier molecular flexibility index (Phi) is 4.71. The highest BCUT2D eigenvalue weighted by Gasteiger charge is 2.10. The summed E-state index contributed by atoms with van der Waals surface area (Å²) in [5.41, 5.74) is 0.842. The molecule has 0 saturated carbocycles. The van der Waals surface area contributed by atoms with Crippen molar-refractivity contribution in [2.75, 3.05) is 13.7 Å². The minimum absolute atomic E-state index is 0.0772. The number of methoxy groups -OCH3 is 1. The smallest absolute Gasteiger partial charge is 0.308 e. The second-order valence-corrected chi connectivity index (χ2v) is 4.45. The van der Waals surface area contributed by atoms with Crippen molar-refractivity contribution in [1.29, 1.82) is 0 Å². The molecular formula is C10H15NO3S. The molecule has 1 aromatic heterocycles. The van der Waals surface area contributed by atoms with Crippen LogP contribution in [0.2, 0.25) is 0 Å². The first-order chi connectivity index (χ1) is 7.13. The lowest BCUT2D eigenvalue weighted by Gasteiger charge is -1.94. The van der Waals surface area contributed by atoms with Gasteiger partial charge >= 0.3 is 5.97 Å². The fraction of sp³-hybridized carbons (Fsp3) is 0.600. The summed E-state index contributed by atoms with van der Waals surface area (Å²) in [6, 6.07) is 0. The van der Waals surface area contributed by atoms with Gasteiger partial charge in [-0.15, -0.1) is 11.3 Å². The molecule has 0 amide bonds. The molecule has 0 bridgehead atoms. The van der Waals surface area contributed by atoms with Crippen LogP contribution in [0.25, 0.3) is 0 Å². The third-order valence-corrected chi connectivity index (χ3v) is 3.21. The largest absolute Gasteiger partial charge is 0.481 e. The normalized spacial score (nSPS) is 10.5. The first-order valence-corrected chi connectivity index (χ1v) is 5.61. The molecule has 0 aliphatic rings. The van der Waals surface area contributed by atoms with E-state index in [1.807, 2.05) is 6.92 Å². The predicted molar refractivity (Wildman–Crippen MR) is 58.4 cm³/mol. The van der Waals surface area contributed by atoms with Gasteiger partial charge < -0.3 is 9.84 Å². The van der Waals surface area contributed by atoms with Gasteiger partial charge in [0.15, 0.2) is 0 Å². The molecule has 0 aliphatic heterocycles. The lowest BCUT2D eigenvalue weighted by Crippen LogP contribution is -1.99. The number of hydrogen-bond donors (Lipinski definition) is 1. The number of aliphatic carboxylic acids is 1. The lowest BCUT2D eigenvalue weighted by molar-refractivity contribution is -0.136. The summed E-state index contributed by atoms with van der Waals surface area (Å²) in [7, 11) is 1.67. The molecule has 84 valence electrons. The van der Waals surface area contributed by atoms with Crippen LogP contribution in [0.3, 0.4) is 0 Å². The molecule has 1 heterocycles. The van der Waals surface area contributed by atoms with Crippen molar-refractivity contribution in [2.24, 2.45) is 0 Å². The number of aromatic nitrogens is 1. The number of nitrogens with zero attached hydrogens (tertiary/aromatic N) is 1. The van der Waals surface area contributed by atoms with Gasteiger partial charge in [0, 0.05) is 25.0 Å². The van der Waals surface area contributed by atoms with Crippen molar-refractivity contribution >= 4 is 17.3 Å². The van der Waals surface area contributed by atoms with Crippen LogP contribution in [0.5, 0.6) is 0 Å². The van der Waals surface area contributed by atoms with E-state index in [1.165, 1.54) is 11.3 Å². The van der Waals surface area contributed by atoms with E-state index in [4.69, 9.17) is 9.84 Å². The van der Waals surface area contributed by atoms with E-state index in [9.17, 15) is 4.79 Å². The van der Waals surface area contributed by atoms with E-state index in [2.05, 4.69) is 4.98 Å². The third kappa shape index (κ3) is 3.97. The summed E-state index contributed by atoms with van der Waals surface area (Å²) in [5.74, 6) is -0.801. The third-order valence-electron chi connectivity index (χ3n) is 1.99. The summed E-state index contributed by atoms with van der Waals surface area (Å²) in [4.78, 5) is 15.7. The van der Waals surface area contributed by atoms with Gasteiger partial charge in [0.1, 0.15) is 0 Å². The van der Waals surface area contributed by atoms with Crippen LogP contribution in [0.4, 0.5) is 0 Å². The number of carboxylic acid groups (broad SMARTS) is 1. The second-order valence-electron chi connectivity index (χ2n) is 3.28. The van der Waals surface area contributed by atoms with Gasteiger partial charge in [-0.2, -0.15) is 0 Å². The van der Waals surface area contributed by atoms with Gasteiger partial charge in [0.25, 0.3) is 0 Å².